The Kier molecular flexibility index (Phi) is 2.66. The number of imidazole rings is 1. The Bertz CT molecular complexity index is 688. The molecule has 0 aliphatic carbocycles. The zero-order valence-electron chi connectivity index (χ0n) is 10.3. The van der Waals surface area contributed by atoms with Crippen LogP contribution in [0.25, 0.3) is 5.65 Å². The molecule has 5 heteroatoms. The van der Waals surface area contributed by atoms with Gasteiger partial charge in [-0.2, -0.15) is 0 Å². The second kappa shape index (κ2) is 4.09. The monoisotopic (exact) mass is 264 g/mol. The first-order chi connectivity index (χ1) is 8.53. The smallest absolute Gasteiger partial charge is 0.150 e. The second-order valence-electron chi connectivity index (χ2n) is 5.09. The SMILES string of the molecule is Cc1ccc2nc(C3CCCS(=O)(=O)C3)cn2c1. The lowest BCUT2D eigenvalue weighted by Crippen LogP contribution is -2.23. The Morgan fingerprint density at radius 2 is 2.17 bits per heavy atom. The van der Waals surface area contributed by atoms with Gasteiger partial charge in [0.05, 0.1) is 17.2 Å². The molecule has 2 aromatic rings. The van der Waals surface area contributed by atoms with Crippen LogP contribution in [0.5, 0.6) is 0 Å². The number of pyridine rings is 1. The molecule has 2 aromatic heterocycles. The van der Waals surface area contributed by atoms with E-state index in [1.165, 1.54) is 5.56 Å². The van der Waals surface area contributed by atoms with Crippen LogP contribution in [-0.4, -0.2) is 29.3 Å². The Labute approximate surface area is 107 Å². The Morgan fingerprint density at radius 3 is 2.94 bits per heavy atom. The molecule has 4 nitrogen and oxygen atoms in total. The number of rotatable bonds is 1. The maximum absolute atomic E-state index is 11.7. The van der Waals surface area contributed by atoms with Crippen molar-refractivity contribution in [1.29, 1.82) is 0 Å². The van der Waals surface area contributed by atoms with Gasteiger partial charge in [-0.05, 0) is 31.4 Å². The number of aromatic nitrogens is 2. The molecule has 0 aromatic carbocycles. The summed E-state index contributed by atoms with van der Waals surface area (Å²) in [6.45, 7) is 2.03. The molecular weight excluding hydrogens is 248 g/mol. The number of fused-ring (bicyclic) bond motifs is 1. The fourth-order valence-corrected chi connectivity index (χ4v) is 4.30. The molecule has 0 saturated carbocycles. The third kappa shape index (κ3) is 2.14. The van der Waals surface area contributed by atoms with Crippen LogP contribution in [0.3, 0.4) is 0 Å². The molecule has 1 aliphatic heterocycles. The summed E-state index contributed by atoms with van der Waals surface area (Å²) < 4.78 is 25.3. The minimum atomic E-state index is -2.87. The van der Waals surface area contributed by atoms with Gasteiger partial charge in [0, 0.05) is 18.3 Å². The van der Waals surface area contributed by atoms with E-state index >= 15 is 0 Å². The Hall–Kier alpha value is -1.36. The minimum absolute atomic E-state index is 0.0592. The highest BCUT2D eigenvalue weighted by Gasteiger charge is 2.27. The zero-order valence-corrected chi connectivity index (χ0v) is 11.2. The topological polar surface area (TPSA) is 51.4 Å². The van der Waals surface area contributed by atoms with Crippen molar-refractivity contribution in [3.63, 3.8) is 0 Å². The molecule has 3 heterocycles. The van der Waals surface area contributed by atoms with Crippen LogP contribution >= 0.6 is 0 Å². The third-order valence-corrected chi connectivity index (χ3v) is 5.32. The van der Waals surface area contributed by atoms with Gasteiger partial charge in [-0.25, -0.2) is 13.4 Å². The van der Waals surface area contributed by atoms with Crippen molar-refractivity contribution in [1.82, 2.24) is 9.38 Å². The molecule has 0 radical (unpaired) electrons. The molecule has 1 atom stereocenters. The molecule has 96 valence electrons. The average Bonchev–Trinajstić information content (AvgIpc) is 2.70. The predicted octanol–water partition coefficient (Wildman–Crippen LogP) is 1.93. The van der Waals surface area contributed by atoms with Gasteiger partial charge in [-0.3, -0.25) is 0 Å². The maximum Gasteiger partial charge on any atom is 0.150 e. The summed E-state index contributed by atoms with van der Waals surface area (Å²) in [7, 11) is -2.87. The van der Waals surface area contributed by atoms with Crippen LogP contribution in [0.1, 0.15) is 30.0 Å². The predicted molar refractivity (Wildman–Crippen MR) is 70.6 cm³/mol. The molecule has 0 bridgehead atoms. The van der Waals surface area contributed by atoms with E-state index in [0.717, 1.165) is 24.2 Å². The quantitative estimate of drug-likeness (QED) is 0.791. The fraction of sp³-hybridized carbons (Fsp3) is 0.462. The van der Waals surface area contributed by atoms with E-state index in [1.54, 1.807) is 0 Å². The molecule has 0 amide bonds. The Balaban J connectivity index is 1.99. The molecule has 1 fully saturated rings. The highest BCUT2D eigenvalue weighted by Crippen LogP contribution is 2.27. The highest BCUT2D eigenvalue weighted by molar-refractivity contribution is 7.91. The summed E-state index contributed by atoms with van der Waals surface area (Å²) in [6.07, 6.45) is 5.65. The summed E-state index contributed by atoms with van der Waals surface area (Å²) in [6, 6.07) is 3.99. The molecule has 18 heavy (non-hydrogen) atoms. The van der Waals surface area contributed by atoms with Gasteiger partial charge in [-0.1, -0.05) is 6.07 Å². The van der Waals surface area contributed by atoms with Crippen molar-refractivity contribution in [3.8, 4) is 0 Å². The fourth-order valence-electron chi connectivity index (χ4n) is 2.58. The minimum Gasteiger partial charge on any atom is -0.307 e. The maximum atomic E-state index is 11.7. The normalized spacial score (nSPS) is 23.3. The number of hydrogen-bond donors (Lipinski definition) is 0. The van der Waals surface area contributed by atoms with Crippen LogP contribution in [0, 0.1) is 6.92 Å². The molecule has 1 saturated heterocycles. The van der Waals surface area contributed by atoms with Gasteiger partial charge >= 0.3 is 0 Å². The third-order valence-electron chi connectivity index (χ3n) is 3.50. The lowest BCUT2D eigenvalue weighted by Gasteiger charge is -2.19. The first-order valence-corrected chi connectivity index (χ1v) is 8.01. The van der Waals surface area contributed by atoms with E-state index in [2.05, 4.69) is 4.98 Å². The van der Waals surface area contributed by atoms with Crippen molar-refractivity contribution in [2.24, 2.45) is 0 Å². The molecular formula is C13H16N2O2S. The van der Waals surface area contributed by atoms with Crippen molar-refractivity contribution >= 4 is 15.5 Å². The largest absolute Gasteiger partial charge is 0.307 e. The van der Waals surface area contributed by atoms with Gasteiger partial charge in [0.2, 0.25) is 0 Å². The number of nitrogens with zero attached hydrogens (tertiary/aromatic N) is 2. The van der Waals surface area contributed by atoms with Crippen LogP contribution in [0.15, 0.2) is 24.5 Å². The van der Waals surface area contributed by atoms with E-state index in [4.69, 9.17) is 0 Å². The first-order valence-electron chi connectivity index (χ1n) is 6.19. The van der Waals surface area contributed by atoms with E-state index in [0.29, 0.717) is 5.75 Å². The number of sulfone groups is 1. The van der Waals surface area contributed by atoms with Gasteiger partial charge in [0.25, 0.3) is 0 Å². The van der Waals surface area contributed by atoms with Crippen molar-refractivity contribution < 1.29 is 8.42 Å². The van der Waals surface area contributed by atoms with Crippen LogP contribution < -0.4 is 0 Å². The van der Waals surface area contributed by atoms with E-state index < -0.39 is 9.84 Å². The molecule has 0 N–H and O–H groups in total. The van der Waals surface area contributed by atoms with Crippen LogP contribution in [-0.2, 0) is 9.84 Å². The van der Waals surface area contributed by atoms with Gasteiger partial charge < -0.3 is 4.40 Å². The summed E-state index contributed by atoms with van der Waals surface area (Å²) in [5.74, 6) is 0.634. The molecule has 3 rings (SSSR count). The lowest BCUT2D eigenvalue weighted by molar-refractivity contribution is 0.550. The number of aryl methyl sites for hydroxylation is 1. The lowest BCUT2D eigenvalue weighted by atomic mass is 10.0. The Morgan fingerprint density at radius 1 is 1.33 bits per heavy atom. The van der Waals surface area contributed by atoms with Crippen molar-refractivity contribution in [2.75, 3.05) is 11.5 Å². The summed E-state index contributed by atoms with van der Waals surface area (Å²) in [5.41, 5.74) is 2.96. The molecule has 1 unspecified atom stereocenters. The zero-order chi connectivity index (χ0) is 12.8. The standard InChI is InChI=1S/C13H16N2O2S/c1-10-4-5-13-14-12(8-15(13)7-10)11-3-2-6-18(16,17)9-11/h4-5,7-8,11H,2-3,6,9H2,1H3. The summed E-state index contributed by atoms with van der Waals surface area (Å²) >= 11 is 0. The van der Waals surface area contributed by atoms with E-state index in [9.17, 15) is 8.42 Å². The second-order valence-corrected chi connectivity index (χ2v) is 7.32. The highest BCUT2D eigenvalue weighted by atomic mass is 32.2. The average molecular weight is 264 g/mol. The summed E-state index contributed by atoms with van der Waals surface area (Å²) in [4.78, 5) is 4.54. The number of hydrogen-bond acceptors (Lipinski definition) is 3. The van der Waals surface area contributed by atoms with Gasteiger partial charge in [0.1, 0.15) is 5.65 Å². The van der Waals surface area contributed by atoms with Crippen molar-refractivity contribution in [2.45, 2.75) is 25.7 Å². The van der Waals surface area contributed by atoms with E-state index in [-0.39, 0.29) is 11.7 Å². The van der Waals surface area contributed by atoms with E-state index in [1.807, 2.05) is 35.9 Å². The van der Waals surface area contributed by atoms with Crippen LogP contribution in [0.4, 0.5) is 0 Å². The van der Waals surface area contributed by atoms with Gasteiger partial charge in [0.15, 0.2) is 9.84 Å². The molecule has 1 aliphatic rings. The van der Waals surface area contributed by atoms with Crippen LogP contribution in [0.2, 0.25) is 0 Å². The molecule has 0 spiro atoms. The summed E-state index contributed by atoms with van der Waals surface area (Å²) in [5, 5.41) is 0. The van der Waals surface area contributed by atoms with Crippen molar-refractivity contribution in [3.05, 3.63) is 35.8 Å². The first kappa shape index (κ1) is 11.7. The van der Waals surface area contributed by atoms with Gasteiger partial charge in [-0.15, -0.1) is 0 Å².